The van der Waals surface area contributed by atoms with Gasteiger partial charge in [-0.1, -0.05) is 23.8 Å². The molecule has 2 aromatic carbocycles. The van der Waals surface area contributed by atoms with Gasteiger partial charge in [0.1, 0.15) is 5.69 Å². The van der Waals surface area contributed by atoms with E-state index in [0.29, 0.717) is 12.2 Å². The molecule has 2 aromatic rings. The summed E-state index contributed by atoms with van der Waals surface area (Å²) < 4.78 is 0. The quantitative estimate of drug-likeness (QED) is 0.674. The van der Waals surface area contributed by atoms with E-state index < -0.39 is 0 Å². The molecule has 0 fully saturated rings. The molecule has 0 aliphatic heterocycles. The van der Waals surface area contributed by atoms with Crippen LogP contribution in [-0.2, 0) is 6.54 Å². The topological polar surface area (TPSA) is 58.4 Å². The highest BCUT2D eigenvalue weighted by molar-refractivity contribution is 5.62. The third-order valence-electron chi connectivity index (χ3n) is 3.42. The van der Waals surface area contributed by atoms with Crippen LogP contribution in [0.2, 0.25) is 0 Å². The lowest BCUT2D eigenvalue weighted by atomic mass is 10.1. The van der Waals surface area contributed by atoms with Gasteiger partial charge in [-0.2, -0.15) is 0 Å². The molecule has 0 heterocycles. The van der Waals surface area contributed by atoms with Crippen LogP contribution >= 0.6 is 0 Å². The maximum atomic E-state index is 10.9. The third kappa shape index (κ3) is 3.51. The van der Waals surface area contributed by atoms with Crippen molar-refractivity contribution >= 4 is 17.1 Å². The molecule has 21 heavy (non-hydrogen) atoms. The van der Waals surface area contributed by atoms with Gasteiger partial charge < -0.3 is 10.2 Å². The molecule has 0 saturated heterocycles. The Morgan fingerprint density at radius 2 is 1.86 bits per heavy atom. The summed E-state index contributed by atoms with van der Waals surface area (Å²) in [6.07, 6.45) is 0. The number of hydrogen-bond acceptors (Lipinski definition) is 4. The molecule has 0 atom stereocenters. The number of nitro benzene ring substituents is 1. The summed E-state index contributed by atoms with van der Waals surface area (Å²) in [4.78, 5) is 12.7. The minimum absolute atomic E-state index is 0.0965. The van der Waals surface area contributed by atoms with E-state index in [1.165, 1.54) is 5.56 Å². The zero-order valence-electron chi connectivity index (χ0n) is 12.5. The molecule has 110 valence electrons. The van der Waals surface area contributed by atoms with Crippen LogP contribution < -0.4 is 10.2 Å². The molecule has 0 unspecified atom stereocenters. The monoisotopic (exact) mass is 285 g/mol. The first kappa shape index (κ1) is 14.8. The maximum Gasteiger partial charge on any atom is 0.292 e. The predicted molar refractivity (Wildman–Crippen MR) is 85.9 cm³/mol. The van der Waals surface area contributed by atoms with E-state index in [1.54, 1.807) is 19.2 Å². The number of nitrogens with one attached hydrogen (secondary N) is 1. The molecule has 2 rings (SSSR count). The minimum atomic E-state index is -0.376. The molecule has 0 aliphatic carbocycles. The van der Waals surface area contributed by atoms with Crippen molar-refractivity contribution < 1.29 is 4.92 Å². The van der Waals surface area contributed by atoms with Gasteiger partial charge in [0.25, 0.3) is 5.69 Å². The molecule has 5 heteroatoms. The predicted octanol–water partition coefficient (Wildman–Crippen LogP) is 3.58. The molecule has 0 saturated carbocycles. The fourth-order valence-corrected chi connectivity index (χ4v) is 2.21. The Morgan fingerprint density at radius 3 is 2.43 bits per heavy atom. The van der Waals surface area contributed by atoms with E-state index in [-0.39, 0.29) is 10.6 Å². The molecular weight excluding hydrogens is 266 g/mol. The average Bonchev–Trinajstić information content (AvgIpc) is 2.47. The molecule has 0 amide bonds. The molecule has 0 aromatic heterocycles. The minimum Gasteiger partial charge on any atom is -0.383 e. The molecule has 0 bridgehead atoms. The molecule has 1 N–H and O–H groups in total. The van der Waals surface area contributed by atoms with Gasteiger partial charge in [0.15, 0.2) is 0 Å². The summed E-state index contributed by atoms with van der Waals surface area (Å²) in [5.74, 6) is 0. The Morgan fingerprint density at radius 1 is 1.19 bits per heavy atom. The van der Waals surface area contributed by atoms with Crippen molar-refractivity contribution in [1.82, 2.24) is 0 Å². The average molecular weight is 285 g/mol. The van der Waals surface area contributed by atoms with Crippen LogP contribution in [0.3, 0.4) is 0 Å². The Hall–Kier alpha value is -2.56. The molecule has 0 radical (unpaired) electrons. The highest BCUT2D eigenvalue weighted by Gasteiger charge is 2.13. The number of benzene rings is 2. The Bertz CT molecular complexity index is 638. The van der Waals surface area contributed by atoms with Gasteiger partial charge in [0.05, 0.1) is 4.92 Å². The highest BCUT2D eigenvalue weighted by atomic mass is 16.6. The smallest absolute Gasteiger partial charge is 0.292 e. The van der Waals surface area contributed by atoms with Gasteiger partial charge >= 0.3 is 0 Å². The van der Waals surface area contributed by atoms with E-state index in [2.05, 4.69) is 41.4 Å². The summed E-state index contributed by atoms with van der Waals surface area (Å²) in [5.41, 5.74) is 3.99. The second kappa shape index (κ2) is 6.26. The van der Waals surface area contributed by atoms with Crippen LogP contribution in [0, 0.1) is 17.0 Å². The number of anilines is 2. The van der Waals surface area contributed by atoms with Crippen LogP contribution in [0.4, 0.5) is 17.1 Å². The lowest BCUT2D eigenvalue weighted by Gasteiger charge is -2.20. The summed E-state index contributed by atoms with van der Waals surface area (Å²) >= 11 is 0. The Balaban J connectivity index is 2.19. The fraction of sp³-hybridized carbons (Fsp3) is 0.250. The number of nitro groups is 1. The zero-order valence-corrected chi connectivity index (χ0v) is 12.5. The maximum absolute atomic E-state index is 10.9. The fourth-order valence-electron chi connectivity index (χ4n) is 2.21. The summed E-state index contributed by atoms with van der Waals surface area (Å²) in [6.45, 7) is 2.75. The molecule has 0 spiro atoms. The van der Waals surface area contributed by atoms with Crippen LogP contribution in [0.5, 0.6) is 0 Å². The standard InChI is InChI=1S/C16H19N3O2/c1-12-4-7-14(8-5-12)18(3)11-13-6-9-16(19(20)21)15(10-13)17-2/h4-10,17H,11H2,1-3H3. The zero-order chi connectivity index (χ0) is 15.4. The van der Waals surface area contributed by atoms with Gasteiger partial charge in [-0.15, -0.1) is 0 Å². The Labute approximate surface area is 124 Å². The first-order valence-electron chi connectivity index (χ1n) is 6.74. The van der Waals surface area contributed by atoms with Crippen LogP contribution in [0.25, 0.3) is 0 Å². The van der Waals surface area contributed by atoms with Crippen molar-refractivity contribution in [3.63, 3.8) is 0 Å². The van der Waals surface area contributed by atoms with Gasteiger partial charge in [0, 0.05) is 32.4 Å². The normalized spacial score (nSPS) is 10.2. The van der Waals surface area contributed by atoms with Crippen LogP contribution in [0.1, 0.15) is 11.1 Å². The molecule has 0 aliphatic rings. The van der Waals surface area contributed by atoms with Crippen LogP contribution in [0.15, 0.2) is 42.5 Å². The van der Waals surface area contributed by atoms with Gasteiger partial charge in [-0.05, 0) is 30.7 Å². The summed E-state index contributed by atoms with van der Waals surface area (Å²) in [6, 6.07) is 13.4. The van der Waals surface area contributed by atoms with E-state index in [1.807, 2.05) is 13.1 Å². The first-order valence-corrected chi connectivity index (χ1v) is 6.74. The second-order valence-corrected chi connectivity index (χ2v) is 5.05. The highest BCUT2D eigenvalue weighted by Crippen LogP contribution is 2.26. The summed E-state index contributed by atoms with van der Waals surface area (Å²) in [7, 11) is 3.70. The number of nitrogens with zero attached hydrogens (tertiary/aromatic N) is 2. The van der Waals surface area contributed by atoms with Crippen molar-refractivity contribution in [2.24, 2.45) is 0 Å². The molecule has 5 nitrogen and oxygen atoms in total. The summed E-state index contributed by atoms with van der Waals surface area (Å²) in [5, 5.41) is 13.8. The van der Waals surface area contributed by atoms with Gasteiger partial charge in [-0.3, -0.25) is 10.1 Å². The third-order valence-corrected chi connectivity index (χ3v) is 3.42. The van der Waals surface area contributed by atoms with E-state index >= 15 is 0 Å². The van der Waals surface area contributed by atoms with Crippen molar-refractivity contribution in [1.29, 1.82) is 0 Å². The lowest BCUT2D eigenvalue weighted by Crippen LogP contribution is -2.16. The first-order chi connectivity index (χ1) is 10.0. The van der Waals surface area contributed by atoms with Gasteiger partial charge in [-0.25, -0.2) is 0 Å². The van der Waals surface area contributed by atoms with E-state index in [4.69, 9.17) is 0 Å². The largest absolute Gasteiger partial charge is 0.383 e. The molecular formula is C16H19N3O2. The van der Waals surface area contributed by atoms with Gasteiger partial charge in [0.2, 0.25) is 0 Å². The van der Waals surface area contributed by atoms with Crippen molar-refractivity contribution in [2.45, 2.75) is 13.5 Å². The lowest BCUT2D eigenvalue weighted by molar-refractivity contribution is -0.383. The SMILES string of the molecule is CNc1cc(CN(C)c2ccc(C)cc2)ccc1[N+](=O)[O-]. The number of aryl methyl sites for hydroxylation is 1. The van der Waals surface area contributed by atoms with E-state index in [0.717, 1.165) is 11.3 Å². The van der Waals surface area contributed by atoms with Crippen LogP contribution in [-0.4, -0.2) is 19.0 Å². The second-order valence-electron chi connectivity index (χ2n) is 5.05. The number of rotatable bonds is 5. The van der Waals surface area contributed by atoms with Crippen molar-refractivity contribution in [3.8, 4) is 0 Å². The Kier molecular flexibility index (Phi) is 4.42. The number of hydrogen-bond donors (Lipinski definition) is 1. The van der Waals surface area contributed by atoms with Crippen molar-refractivity contribution in [2.75, 3.05) is 24.3 Å². The van der Waals surface area contributed by atoms with E-state index in [9.17, 15) is 10.1 Å². The van der Waals surface area contributed by atoms with Crippen molar-refractivity contribution in [3.05, 3.63) is 63.7 Å².